The first-order chi connectivity index (χ1) is 16.9. The van der Waals surface area contributed by atoms with Crippen LogP contribution in [0.3, 0.4) is 0 Å². The van der Waals surface area contributed by atoms with E-state index in [9.17, 15) is 0 Å². The number of fused-ring (bicyclic) bond motifs is 1. The van der Waals surface area contributed by atoms with Gasteiger partial charge in [-0.05, 0) is 47.3 Å². The van der Waals surface area contributed by atoms with Crippen LogP contribution < -0.4 is 10.4 Å². The Hall–Kier alpha value is -2.18. The molecule has 0 atom stereocenters. The minimum Gasteiger partial charge on any atom is -0.404 e. The third kappa shape index (κ3) is 6.15. The maximum absolute atomic E-state index is 7.00. The van der Waals surface area contributed by atoms with Gasteiger partial charge < -0.3 is 4.43 Å². The monoisotopic (exact) mass is 517 g/mol. The second kappa shape index (κ2) is 11.7. The summed E-state index contributed by atoms with van der Waals surface area (Å²) >= 11 is 3.66. The van der Waals surface area contributed by atoms with Crippen LogP contribution in [0.4, 0.5) is 0 Å². The highest BCUT2D eigenvalue weighted by atomic mass is 32.2. The number of nitrogens with zero attached hydrogens (tertiary/aromatic N) is 1. The number of para-hydroxylation sites is 1. The zero-order valence-corrected chi connectivity index (χ0v) is 23.8. The standard InChI is InChI=1S/C30H35NOS2Si/c1-24(14-13-23-33-29-31-27-19-11-12-20-28(27)34-29)21-22-32-35(30(2,3)4,25-15-7-5-8-16-25)26-17-9-6-10-18-26/h5-12,15-21H,13-14,22-23H2,1-4H3/b24-21-. The summed E-state index contributed by atoms with van der Waals surface area (Å²) < 4.78 is 9.43. The van der Waals surface area contributed by atoms with Crippen LogP contribution in [0.5, 0.6) is 0 Å². The van der Waals surface area contributed by atoms with Crippen LogP contribution in [0.25, 0.3) is 10.2 Å². The maximum Gasteiger partial charge on any atom is 0.261 e. The normalized spacial score (nSPS) is 12.9. The molecule has 4 aromatic rings. The molecule has 0 amide bonds. The van der Waals surface area contributed by atoms with Crippen molar-refractivity contribution >= 4 is 52.0 Å². The third-order valence-corrected chi connectivity index (χ3v) is 13.6. The summed E-state index contributed by atoms with van der Waals surface area (Å²) in [6, 6.07) is 30.1. The van der Waals surface area contributed by atoms with Gasteiger partial charge in [0.15, 0.2) is 4.34 Å². The second-order valence-corrected chi connectivity index (χ2v) is 16.6. The number of rotatable bonds is 10. The molecule has 0 spiro atoms. The summed E-state index contributed by atoms with van der Waals surface area (Å²) in [5.41, 5.74) is 2.50. The van der Waals surface area contributed by atoms with Crippen LogP contribution >= 0.6 is 23.1 Å². The molecule has 0 aliphatic carbocycles. The Bertz CT molecular complexity index is 1170. The smallest absolute Gasteiger partial charge is 0.261 e. The topological polar surface area (TPSA) is 22.1 Å². The molecule has 0 aliphatic heterocycles. The first-order valence-corrected chi connectivity index (χ1v) is 16.0. The molecule has 182 valence electrons. The Morgan fingerprint density at radius 2 is 1.51 bits per heavy atom. The molecule has 0 N–H and O–H groups in total. The molecule has 0 saturated carbocycles. The predicted octanol–water partition coefficient (Wildman–Crippen LogP) is 7.69. The summed E-state index contributed by atoms with van der Waals surface area (Å²) in [6.45, 7) is 9.86. The molecule has 2 nitrogen and oxygen atoms in total. The van der Waals surface area contributed by atoms with Crippen LogP contribution in [-0.4, -0.2) is 25.7 Å². The fourth-order valence-corrected chi connectivity index (χ4v) is 11.2. The van der Waals surface area contributed by atoms with Gasteiger partial charge in [-0.1, -0.05) is 117 Å². The van der Waals surface area contributed by atoms with Crippen LogP contribution in [0.2, 0.25) is 5.04 Å². The molecular formula is C30H35NOS2Si. The fraction of sp³-hybridized carbons (Fsp3) is 0.300. The van der Waals surface area contributed by atoms with E-state index in [0.29, 0.717) is 6.61 Å². The summed E-state index contributed by atoms with van der Waals surface area (Å²) in [4.78, 5) is 4.74. The van der Waals surface area contributed by atoms with Crippen LogP contribution in [-0.2, 0) is 4.43 Å². The van der Waals surface area contributed by atoms with Crippen molar-refractivity contribution in [2.45, 2.75) is 49.9 Å². The van der Waals surface area contributed by atoms with Crippen molar-refractivity contribution in [2.75, 3.05) is 12.4 Å². The molecule has 35 heavy (non-hydrogen) atoms. The van der Waals surface area contributed by atoms with Gasteiger partial charge >= 0.3 is 0 Å². The maximum atomic E-state index is 7.00. The molecular weight excluding hydrogens is 483 g/mol. The van der Waals surface area contributed by atoms with Crippen molar-refractivity contribution in [3.63, 3.8) is 0 Å². The van der Waals surface area contributed by atoms with Gasteiger partial charge in [0.1, 0.15) is 0 Å². The molecule has 3 aromatic carbocycles. The van der Waals surface area contributed by atoms with Gasteiger partial charge in [-0.15, -0.1) is 11.3 Å². The third-order valence-electron chi connectivity index (χ3n) is 6.36. The minimum atomic E-state index is -2.47. The molecule has 1 heterocycles. The van der Waals surface area contributed by atoms with E-state index in [4.69, 9.17) is 9.41 Å². The summed E-state index contributed by atoms with van der Waals surface area (Å²) in [7, 11) is -2.47. The van der Waals surface area contributed by atoms with E-state index in [1.807, 2.05) is 11.8 Å². The average Bonchev–Trinajstić information content (AvgIpc) is 3.28. The Morgan fingerprint density at radius 1 is 0.914 bits per heavy atom. The quantitative estimate of drug-likeness (QED) is 0.0931. The van der Waals surface area contributed by atoms with Gasteiger partial charge in [0, 0.05) is 5.75 Å². The number of hydrogen-bond donors (Lipinski definition) is 0. The van der Waals surface area contributed by atoms with Crippen molar-refractivity contribution in [1.82, 2.24) is 4.98 Å². The first kappa shape index (κ1) is 25.9. The van der Waals surface area contributed by atoms with Gasteiger partial charge in [-0.2, -0.15) is 0 Å². The van der Waals surface area contributed by atoms with Gasteiger partial charge in [0.05, 0.1) is 16.8 Å². The molecule has 0 fully saturated rings. The number of allylic oxidation sites excluding steroid dienone is 1. The summed E-state index contributed by atoms with van der Waals surface area (Å²) in [6.07, 6.45) is 4.52. The van der Waals surface area contributed by atoms with E-state index in [1.54, 1.807) is 11.3 Å². The Kier molecular flexibility index (Phi) is 8.66. The molecule has 4 rings (SSSR count). The number of benzene rings is 3. The van der Waals surface area contributed by atoms with Crippen LogP contribution in [0.1, 0.15) is 40.5 Å². The number of thiazole rings is 1. The lowest BCUT2D eigenvalue weighted by Gasteiger charge is -2.42. The molecule has 5 heteroatoms. The predicted molar refractivity (Wildman–Crippen MR) is 157 cm³/mol. The average molecular weight is 518 g/mol. The number of aromatic nitrogens is 1. The largest absolute Gasteiger partial charge is 0.404 e. The SMILES string of the molecule is C/C(=C/CO[Si](c1ccccc1)(c1ccccc1)C(C)(C)C)CCCSc1nc2ccccc2s1. The number of hydrogen-bond acceptors (Lipinski definition) is 4. The highest BCUT2D eigenvalue weighted by molar-refractivity contribution is 8.01. The van der Waals surface area contributed by atoms with Crippen molar-refractivity contribution in [2.24, 2.45) is 0 Å². The van der Waals surface area contributed by atoms with E-state index in [2.05, 4.69) is 119 Å². The van der Waals surface area contributed by atoms with E-state index >= 15 is 0 Å². The lowest BCUT2D eigenvalue weighted by molar-refractivity contribution is 0.338. The molecule has 1 aromatic heterocycles. The van der Waals surface area contributed by atoms with E-state index in [0.717, 1.165) is 24.1 Å². The Labute approximate surface area is 219 Å². The minimum absolute atomic E-state index is 0.00530. The van der Waals surface area contributed by atoms with Crippen molar-refractivity contribution in [1.29, 1.82) is 0 Å². The lowest BCUT2D eigenvalue weighted by Crippen LogP contribution is -2.66. The van der Waals surface area contributed by atoms with Crippen molar-refractivity contribution in [3.8, 4) is 0 Å². The van der Waals surface area contributed by atoms with Crippen LogP contribution in [0.15, 0.2) is 101 Å². The van der Waals surface area contributed by atoms with Gasteiger partial charge in [0.2, 0.25) is 0 Å². The Balaban J connectivity index is 1.40. The summed E-state index contributed by atoms with van der Waals surface area (Å²) in [5.74, 6) is 1.08. The second-order valence-electron chi connectivity index (χ2n) is 9.92. The summed E-state index contributed by atoms with van der Waals surface area (Å²) in [5, 5.41) is 2.67. The lowest BCUT2D eigenvalue weighted by atomic mass is 10.2. The molecule has 0 unspecified atom stereocenters. The van der Waals surface area contributed by atoms with E-state index in [-0.39, 0.29) is 5.04 Å². The zero-order valence-electron chi connectivity index (χ0n) is 21.2. The van der Waals surface area contributed by atoms with E-state index in [1.165, 1.54) is 25.0 Å². The molecule has 0 radical (unpaired) electrons. The zero-order chi connectivity index (χ0) is 24.7. The highest BCUT2D eigenvalue weighted by Gasteiger charge is 2.49. The first-order valence-electron chi connectivity index (χ1n) is 12.3. The Morgan fingerprint density at radius 3 is 2.11 bits per heavy atom. The van der Waals surface area contributed by atoms with Crippen molar-refractivity contribution in [3.05, 3.63) is 96.6 Å². The van der Waals surface area contributed by atoms with Crippen LogP contribution in [0, 0.1) is 0 Å². The fourth-order valence-electron chi connectivity index (χ4n) is 4.60. The van der Waals surface area contributed by atoms with E-state index < -0.39 is 8.32 Å². The molecule has 0 bridgehead atoms. The van der Waals surface area contributed by atoms with Gasteiger partial charge in [-0.25, -0.2) is 4.98 Å². The van der Waals surface area contributed by atoms with Crippen molar-refractivity contribution < 1.29 is 4.43 Å². The molecule has 0 saturated heterocycles. The van der Waals surface area contributed by atoms with Gasteiger partial charge in [-0.3, -0.25) is 0 Å². The molecule has 0 aliphatic rings. The number of thioether (sulfide) groups is 1. The highest BCUT2D eigenvalue weighted by Crippen LogP contribution is 2.37. The van der Waals surface area contributed by atoms with Gasteiger partial charge in [0.25, 0.3) is 8.32 Å².